The topological polar surface area (TPSA) is 74.1 Å². The largest absolute Gasteiger partial charge is 0.326 e. The van der Waals surface area contributed by atoms with E-state index in [0.29, 0.717) is 12.0 Å². The number of rotatable bonds is 6. The summed E-state index contributed by atoms with van der Waals surface area (Å²) in [6.45, 7) is -0.174. The smallest absolute Gasteiger partial charge is 0.252 e. The minimum absolute atomic E-state index is 0.0460. The highest BCUT2D eigenvalue weighted by atomic mass is 19.3. The fourth-order valence-corrected chi connectivity index (χ4v) is 3.50. The van der Waals surface area contributed by atoms with Crippen LogP contribution in [0.2, 0.25) is 0 Å². The first-order valence-corrected chi connectivity index (χ1v) is 9.46. The molecule has 2 heterocycles. The third-order valence-corrected chi connectivity index (χ3v) is 5.06. The lowest BCUT2D eigenvalue weighted by Gasteiger charge is -2.35. The quantitative estimate of drug-likeness (QED) is 0.695. The maximum atomic E-state index is 13.5. The average Bonchev–Trinajstić information content (AvgIpc) is 2.72. The molecule has 1 fully saturated rings. The van der Waals surface area contributed by atoms with Gasteiger partial charge in [0.2, 0.25) is 5.91 Å². The lowest BCUT2D eigenvalue weighted by Crippen LogP contribution is -2.49. The van der Waals surface area contributed by atoms with Crippen LogP contribution in [0.5, 0.6) is 0 Å². The van der Waals surface area contributed by atoms with Crippen LogP contribution in [0.1, 0.15) is 47.2 Å². The number of ketones is 1. The Morgan fingerprint density at radius 1 is 1.21 bits per heavy atom. The fraction of sp³-hybridized carbons (Fsp3) is 0.364. The molecule has 1 atom stereocenters. The monoisotopic (exact) mass is 397 g/mol. The number of carbonyl (C=O) groups is 2. The predicted octanol–water partition coefficient (Wildman–Crippen LogP) is 3.79. The molecule has 0 bridgehead atoms. The first-order chi connectivity index (χ1) is 13.9. The van der Waals surface area contributed by atoms with Crippen molar-refractivity contribution >= 4 is 11.7 Å². The van der Waals surface area contributed by atoms with E-state index in [4.69, 9.17) is 5.26 Å². The van der Waals surface area contributed by atoms with Crippen molar-refractivity contribution < 1.29 is 18.4 Å². The number of likely N-dealkylation sites (tertiary alicyclic amines) is 1. The Kier molecular flexibility index (Phi) is 6.32. The fourth-order valence-electron chi connectivity index (χ4n) is 3.50. The van der Waals surface area contributed by atoms with Crippen molar-refractivity contribution in [1.82, 2.24) is 9.88 Å². The molecular weight excluding hydrogens is 376 g/mol. The predicted molar refractivity (Wildman–Crippen MR) is 102 cm³/mol. The number of hydrogen-bond acceptors (Lipinski definition) is 4. The molecule has 0 spiro atoms. The second-order valence-corrected chi connectivity index (χ2v) is 7.16. The normalized spacial score (nSPS) is 18.1. The molecule has 0 saturated carbocycles. The second-order valence-electron chi connectivity index (χ2n) is 7.16. The van der Waals surface area contributed by atoms with Crippen LogP contribution in [0.3, 0.4) is 0 Å². The summed E-state index contributed by atoms with van der Waals surface area (Å²) in [4.78, 5) is 30.4. The summed E-state index contributed by atoms with van der Waals surface area (Å²) in [5.41, 5.74) is 2.30. The Bertz CT molecular complexity index is 925. The number of piperidine rings is 1. The second kappa shape index (κ2) is 8.91. The highest BCUT2D eigenvalue weighted by molar-refractivity contribution is 5.99. The Morgan fingerprint density at radius 3 is 2.69 bits per heavy atom. The van der Waals surface area contributed by atoms with E-state index in [-0.39, 0.29) is 25.2 Å². The average molecular weight is 397 g/mol. The summed E-state index contributed by atoms with van der Waals surface area (Å²) in [7, 11) is 0. The van der Waals surface area contributed by atoms with E-state index in [2.05, 4.69) is 4.98 Å². The number of aromatic nitrogens is 1. The zero-order chi connectivity index (χ0) is 20.9. The molecule has 150 valence electrons. The van der Waals surface area contributed by atoms with Gasteiger partial charge in [-0.3, -0.25) is 14.6 Å². The van der Waals surface area contributed by atoms with E-state index in [1.807, 2.05) is 30.3 Å². The molecule has 1 aromatic carbocycles. The zero-order valence-electron chi connectivity index (χ0n) is 15.9. The van der Waals surface area contributed by atoms with Gasteiger partial charge in [-0.1, -0.05) is 30.3 Å². The zero-order valence-corrected chi connectivity index (χ0v) is 15.9. The minimum Gasteiger partial charge on any atom is -0.326 e. The first kappa shape index (κ1) is 20.6. The highest BCUT2D eigenvalue weighted by Gasteiger charge is 2.42. The van der Waals surface area contributed by atoms with Crippen LogP contribution in [0.25, 0.3) is 0 Å². The summed E-state index contributed by atoms with van der Waals surface area (Å²) >= 11 is 0. The number of pyridine rings is 1. The van der Waals surface area contributed by atoms with Gasteiger partial charge in [0.25, 0.3) is 5.92 Å². The standard InChI is InChI=1S/C22H21F2N3O2/c23-22(24)9-11-27(18(13-22)14-25)21(29)7-6-20(28)19-8-10-26-15-17(19)12-16-4-2-1-3-5-16/h1-5,8,10,15,18H,6-7,9,11-13H2/t18-/m0/s1. The van der Waals surface area contributed by atoms with Crippen molar-refractivity contribution in [2.75, 3.05) is 6.54 Å². The summed E-state index contributed by atoms with van der Waals surface area (Å²) in [6, 6.07) is 11.9. The summed E-state index contributed by atoms with van der Waals surface area (Å²) < 4.78 is 27.0. The van der Waals surface area contributed by atoms with Gasteiger partial charge >= 0.3 is 0 Å². The van der Waals surface area contributed by atoms with Gasteiger partial charge in [-0.25, -0.2) is 8.78 Å². The molecule has 1 aliphatic heterocycles. The van der Waals surface area contributed by atoms with E-state index in [0.717, 1.165) is 11.1 Å². The molecule has 0 radical (unpaired) electrons. The molecule has 0 aliphatic carbocycles. The molecule has 1 amide bonds. The first-order valence-electron chi connectivity index (χ1n) is 9.46. The molecule has 5 nitrogen and oxygen atoms in total. The molecule has 0 unspecified atom stereocenters. The van der Waals surface area contributed by atoms with Crippen molar-refractivity contribution in [3.05, 3.63) is 65.5 Å². The van der Waals surface area contributed by atoms with E-state index in [9.17, 15) is 18.4 Å². The third kappa shape index (κ3) is 5.23. The van der Waals surface area contributed by atoms with Gasteiger partial charge in [-0.15, -0.1) is 0 Å². The van der Waals surface area contributed by atoms with Crippen molar-refractivity contribution in [3.8, 4) is 6.07 Å². The molecule has 1 saturated heterocycles. The van der Waals surface area contributed by atoms with Crippen LogP contribution in [0, 0.1) is 11.3 Å². The van der Waals surface area contributed by atoms with E-state index >= 15 is 0 Å². The maximum Gasteiger partial charge on any atom is 0.252 e. The van der Waals surface area contributed by atoms with Gasteiger partial charge in [0.15, 0.2) is 5.78 Å². The molecule has 1 aromatic heterocycles. The third-order valence-electron chi connectivity index (χ3n) is 5.06. The Balaban J connectivity index is 1.64. The van der Waals surface area contributed by atoms with Gasteiger partial charge in [0.1, 0.15) is 6.04 Å². The molecule has 0 N–H and O–H groups in total. The molecule has 1 aliphatic rings. The van der Waals surface area contributed by atoms with Crippen LogP contribution < -0.4 is 0 Å². The van der Waals surface area contributed by atoms with Crippen molar-refractivity contribution in [2.45, 2.75) is 44.1 Å². The number of benzene rings is 1. The van der Waals surface area contributed by atoms with Crippen LogP contribution in [0.4, 0.5) is 8.78 Å². The minimum atomic E-state index is -2.93. The van der Waals surface area contributed by atoms with Gasteiger partial charge < -0.3 is 4.90 Å². The van der Waals surface area contributed by atoms with Crippen LogP contribution >= 0.6 is 0 Å². The Hall–Kier alpha value is -3.14. The molecule has 3 rings (SSSR count). The molecule has 29 heavy (non-hydrogen) atoms. The SMILES string of the molecule is N#C[C@@H]1CC(F)(F)CCN1C(=O)CCC(=O)c1ccncc1Cc1ccccc1. The number of alkyl halides is 2. The van der Waals surface area contributed by atoms with Crippen LogP contribution in [-0.4, -0.2) is 40.1 Å². The number of nitrogens with zero attached hydrogens (tertiary/aromatic N) is 3. The summed E-state index contributed by atoms with van der Waals surface area (Å²) in [5, 5.41) is 9.12. The number of nitriles is 1. The van der Waals surface area contributed by atoms with Crippen molar-refractivity contribution in [2.24, 2.45) is 0 Å². The van der Waals surface area contributed by atoms with E-state index in [1.54, 1.807) is 18.3 Å². The number of Topliss-reactive ketones (excluding diaryl/α,β-unsaturated/α-hetero) is 1. The Morgan fingerprint density at radius 2 is 1.97 bits per heavy atom. The lowest BCUT2D eigenvalue weighted by atomic mass is 9.96. The summed E-state index contributed by atoms with van der Waals surface area (Å²) in [5.74, 6) is -3.59. The number of carbonyl (C=O) groups excluding carboxylic acids is 2. The number of amides is 1. The van der Waals surface area contributed by atoms with Crippen molar-refractivity contribution in [1.29, 1.82) is 5.26 Å². The maximum absolute atomic E-state index is 13.5. The summed E-state index contributed by atoms with van der Waals surface area (Å²) in [6.07, 6.45) is 2.43. The molecular formula is C22H21F2N3O2. The number of hydrogen-bond donors (Lipinski definition) is 0. The molecule has 2 aromatic rings. The van der Waals surface area contributed by atoms with Gasteiger partial charge in [0.05, 0.1) is 6.07 Å². The van der Waals surface area contributed by atoms with Crippen LogP contribution in [-0.2, 0) is 11.2 Å². The Labute approximate surface area is 168 Å². The molecule has 7 heteroatoms. The van der Waals surface area contributed by atoms with Crippen molar-refractivity contribution in [3.63, 3.8) is 0 Å². The van der Waals surface area contributed by atoms with E-state index < -0.39 is 30.7 Å². The lowest BCUT2D eigenvalue weighted by molar-refractivity contribution is -0.140. The number of halogens is 2. The van der Waals surface area contributed by atoms with Crippen LogP contribution in [0.15, 0.2) is 48.8 Å². The highest BCUT2D eigenvalue weighted by Crippen LogP contribution is 2.32. The van der Waals surface area contributed by atoms with Gasteiger partial charge in [0, 0.05) is 50.2 Å². The van der Waals surface area contributed by atoms with Gasteiger partial charge in [-0.2, -0.15) is 5.26 Å². The van der Waals surface area contributed by atoms with Gasteiger partial charge in [-0.05, 0) is 23.6 Å². The van der Waals surface area contributed by atoms with E-state index in [1.165, 1.54) is 11.1 Å².